The van der Waals surface area contributed by atoms with Gasteiger partial charge in [0, 0.05) is 55.5 Å². The molecule has 0 atom stereocenters. The van der Waals surface area contributed by atoms with E-state index in [0.717, 1.165) is 74.0 Å². The van der Waals surface area contributed by atoms with E-state index < -0.39 is 5.82 Å². The maximum absolute atomic E-state index is 13.8. The molecule has 1 N–H and O–H groups in total. The Bertz CT molecular complexity index is 1290. The van der Waals surface area contributed by atoms with E-state index in [0.29, 0.717) is 18.3 Å². The number of hydrogen-bond donors (Lipinski definition) is 1. The van der Waals surface area contributed by atoms with E-state index in [9.17, 15) is 9.18 Å². The second-order valence-electron chi connectivity index (χ2n) is 10.0. The van der Waals surface area contributed by atoms with Crippen molar-refractivity contribution >= 4 is 29.1 Å². The van der Waals surface area contributed by atoms with E-state index in [1.54, 1.807) is 12.1 Å². The molecule has 1 saturated heterocycles. The lowest BCUT2D eigenvalue weighted by Gasteiger charge is -2.33. The predicted octanol–water partition coefficient (Wildman–Crippen LogP) is 4.74. The molecule has 3 aromatic rings. The number of anilines is 2. The van der Waals surface area contributed by atoms with Crippen LogP contribution in [0.4, 0.5) is 16.0 Å². The van der Waals surface area contributed by atoms with Gasteiger partial charge in [-0.2, -0.15) is 0 Å². The molecule has 0 saturated carbocycles. The molecule has 4 heterocycles. The number of rotatable bonds is 8. The number of nitrogens with one attached hydrogen (secondary N) is 1. The highest BCUT2D eigenvalue weighted by Gasteiger charge is 2.30. The van der Waals surface area contributed by atoms with Gasteiger partial charge in [0.05, 0.1) is 17.1 Å². The maximum Gasteiger partial charge on any atom is 0.230 e. The van der Waals surface area contributed by atoms with Crippen LogP contribution in [0.1, 0.15) is 50.9 Å². The predicted molar refractivity (Wildman–Crippen MR) is 144 cm³/mol. The molecule has 0 radical (unpaired) electrons. The van der Waals surface area contributed by atoms with Gasteiger partial charge in [0.15, 0.2) is 0 Å². The third kappa shape index (κ3) is 5.33. The summed E-state index contributed by atoms with van der Waals surface area (Å²) in [6.45, 7) is 11.0. The van der Waals surface area contributed by atoms with Crippen LogP contribution in [0.25, 0.3) is 11.3 Å². The Balaban J connectivity index is 1.38. The molecule has 1 fully saturated rings. The number of likely N-dealkylation sites (N-methyl/N-ethyl adjacent to an activating group) is 1. The van der Waals surface area contributed by atoms with Crippen molar-refractivity contribution in [1.82, 2.24) is 24.4 Å². The van der Waals surface area contributed by atoms with Gasteiger partial charge in [-0.05, 0) is 51.4 Å². The number of amides is 1. The van der Waals surface area contributed by atoms with Gasteiger partial charge < -0.3 is 14.8 Å². The molecule has 8 nitrogen and oxygen atoms in total. The summed E-state index contributed by atoms with van der Waals surface area (Å²) in [7, 11) is 0. The highest BCUT2D eigenvalue weighted by Crippen LogP contribution is 2.35. The summed E-state index contributed by atoms with van der Waals surface area (Å²) in [5.41, 5.74) is 2.51. The van der Waals surface area contributed by atoms with Crippen LogP contribution in [0.3, 0.4) is 0 Å². The lowest BCUT2D eigenvalue weighted by atomic mass is 9.95. The quantitative estimate of drug-likeness (QED) is 0.457. The molecule has 0 aliphatic carbocycles. The highest BCUT2D eigenvalue weighted by atomic mass is 35.5. The van der Waals surface area contributed by atoms with Crippen LogP contribution in [-0.4, -0.2) is 62.5 Å². The number of nitrogens with zero attached hydrogens (tertiary/aromatic N) is 6. The van der Waals surface area contributed by atoms with E-state index >= 15 is 0 Å². The summed E-state index contributed by atoms with van der Waals surface area (Å²) in [6.07, 6.45) is 5.76. The van der Waals surface area contributed by atoms with Crippen LogP contribution in [0.2, 0.25) is 5.02 Å². The van der Waals surface area contributed by atoms with E-state index in [1.807, 2.05) is 0 Å². The Morgan fingerprint density at radius 3 is 2.73 bits per heavy atom. The normalized spacial score (nSPS) is 16.1. The number of imidazole rings is 1. The first-order valence-corrected chi connectivity index (χ1v) is 13.4. The summed E-state index contributed by atoms with van der Waals surface area (Å²) in [5.74, 6) is 2.35. The van der Waals surface area contributed by atoms with E-state index in [-0.39, 0.29) is 16.8 Å². The zero-order chi connectivity index (χ0) is 26.1. The number of aromatic nitrogens is 4. The molecule has 2 aliphatic heterocycles. The van der Waals surface area contributed by atoms with Crippen LogP contribution in [0.5, 0.6) is 0 Å². The minimum atomic E-state index is -0.430. The van der Waals surface area contributed by atoms with Crippen molar-refractivity contribution in [1.29, 1.82) is 0 Å². The van der Waals surface area contributed by atoms with Crippen molar-refractivity contribution in [2.45, 2.75) is 58.5 Å². The minimum absolute atomic E-state index is 0.0374. The average Bonchev–Trinajstić information content (AvgIpc) is 3.49. The summed E-state index contributed by atoms with van der Waals surface area (Å²) in [6, 6.07) is 5.24. The van der Waals surface area contributed by atoms with Crippen LogP contribution in [-0.2, 0) is 17.8 Å². The number of benzene rings is 1. The number of carbonyl (C=O) groups is 1. The van der Waals surface area contributed by atoms with E-state index in [4.69, 9.17) is 16.6 Å². The van der Waals surface area contributed by atoms with Crippen LogP contribution >= 0.6 is 11.6 Å². The van der Waals surface area contributed by atoms with Crippen molar-refractivity contribution in [2.24, 2.45) is 0 Å². The van der Waals surface area contributed by atoms with Crippen molar-refractivity contribution in [2.75, 3.05) is 36.4 Å². The van der Waals surface area contributed by atoms with Gasteiger partial charge in [-0.25, -0.2) is 19.3 Å². The first kappa shape index (κ1) is 25.6. The summed E-state index contributed by atoms with van der Waals surface area (Å²) >= 11 is 6.08. The fourth-order valence-corrected chi connectivity index (χ4v) is 5.56. The van der Waals surface area contributed by atoms with Gasteiger partial charge in [0.25, 0.3) is 0 Å². The Morgan fingerprint density at radius 2 is 2.03 bits per heavy atom. The molecule has 2 aromatic heterocycles. The first-order chi connectivity index (χ1) is 17.8. The van der Waals surface area contributed by atoms with Gasteiger partial charge in [-0.15, -0.1) is 0 Å². The maximum atomic E-state index is 13.8. The molecule has 2 aliphatic rings. The number of piperidine rings is 1. The monoisotopic (exact) mass is 525 g/mol. The minimum Gasteiger partial charge on any atom is -0.356 e. The average molecular weight is 526 g/mol. The summed E-state index contributed by atoms with van der Waals surface area (Å²) < 4.78 is 16.1. The molecule has 0 spiro atoms. The van der Waals surface area contributed by atoms with E-state index in [2.05, 4.69) is 56.6 Å². The summed E-state index contributed by atoms with van der Waals surface area (Å²) in [4.78, 5) is 30.4. The fourth-order valence-electron chi connectivity index (χ4n) is 5.38. The molecule has 1 amide bonds. The van der Waals surface area contributed by atoms with E-state index in [1.165, 1.54) is 12.4 Å². The van der Waals surface area contributed by atoms with Crippen LogP contribution in [0.15, 0.2) is 30.7 Å². The summed E-state index contributed by atoms with van der Waals surface area (Å²) in [5, 5.41) is 2.91. The van der Waals surface area contributed by atoms with Crippen molar-refractivity contribution in [3.8, 4) is 11.3 Å². The zero-order valence-corrected chi connectivity index (χ0v) is 22.3. The smallest absolute Gasteiger partial charge is 0.230 e. The largest absolute Gasteiger partial charge is 0.356 e. The Kier molecular flexibility index (Phi) is 7.44. The molecule has 5 rings (SSSR count). The molecule has 0 bridgehead atoms. The Morgan fingerprint density at radius 1 is 1.24 bits per heavy atom. The zero-order valence-electron chi connectivity index (χ0n) is 21.5. The van der Waals surface area contributed by atoms with Gasteiger partial charge in [-0.1, -0.05) is 18.5 Å². The third-order valence-corrected chi connectivity index (χ3v) is 7.75. The second kappa shape index (κ2) is 10.8. The molecule has 196 valence electrons. The number of hydrogen-bond acceptors (Lipinski definition) is 6. The Labute approximate surface area is 221 Å². The van der Waals surface area contributed by atoms with Gasteiger partial charge in [0.1, 0.15) is 29.6 Å². The molecule has 10 heteroatoms. The topological polar surface area (TPSA) is 79.2 Å². The first-order valence-electron chi connectivity index (χ1n) is 13.0. The third-order valence-electron chi connectivity index (χ3n) is 7.46. The SMILES string of the molecule is CCN(CCn1cc(-c2ccc(F)c(Cl)c2)nc1C1CCN(c2ncnc3c2CC(=O)N3)CC1)C(C)C. The molecular weight excluding hydrogens is 493 g/mol. The highest BCUT2D eigenvalue weighted by molar-refractivity contribution is 6.31. The second-order valence-corrected chi connectivity index (χ2v) is 10.4. The van der Waals surface area contributed by atoms with Gasteiger partial charge in [-0.3, -0.25) is 9.69 Å². The standard InChI is InChI=1S/C27H33ClFN7O/c1-4-34(17(2)3)11-12-36-15-23(19-5-6-22(29)21(28)13-19)32-26(36)18-7-9-35(10-8-18)27-20-14-24(37)33-25(20)30-16-31-27/h5-6,13,15-18H,4,7-12,14H2,1-3H3,(H,30,31,33,37). The van der Waals surface area contributed by atoms with Crippen molar-refractivity contribution in [3.05, 3.63) is 53.0 Å². The molecule has 1 aromatic carbocycles. The fraction of sp³-hybridized carbons (Fsp3) is 0.481. The molecule has 37 heavy (non-hydrogen) atoms. The van der Waals surface area contributed by atoms with Crippen molar-refractivity contribution in [3.63, 3.8) is 0 Å². The molecular formula is C27H33ClFN7O. The number of carbonyl (C=O) groups excluding carboxylic acids is 1. The van der Waals surface area contributed by atoms with Gasteiger partial charge >= 0.3 is 0 Å². The van der Waals surface area contributed by atoms with Crippen LogP contribution < -0.4 is 10.2 Å². The lowest BCUT2D eigenvalue weighted by molar-refractivity contribution is -0.115. The van der Waals surface area contributed by atoms with Crippen LogP contribution in [0, 0.1) is 5.82 Å². The number of halogens is 2. The Hall–Kier alpha value is -3.04. The number of fused-ring (bicyclic) bond motifs is 1. The lowest BCUT2D eigenvalue weighted by Crippen LogP contribution is -2.36. The van der Waals surface area contributed by atoms with Crippen molar-refractivity contribution < 1.29 is 9.18 Å². The van der Waals surface area contributed by atoms with Gasteiger partial charge in [0.2, 0.25) is 5.91 Å². The molecule has 0 unspecified atom stereocenters.